The molecule has 0 aromatic carbocycles. The standard InChI is InChI=1S/C14H17IN2OSSi/c1-8-6-10-13(15)12(9(2)17-14(10)19-8)11(7-16)18-20(3,4)5/h6,11H,1-5H3. The number of aromatic nitrogens is 1. The summed E-state index contributed by atoms with van der Waals surface area (Å²) in [5.41, 5.74) is 1.83. The first-order valence-corrected chi connectivity index (χ1v) is 11.7. The zero-order valence-corrected chi connectivity index (χ0v) is 16.2. The van der Waals surface area contributed by atoms with Crippen molar-refractivity contribution in [2.75, 3.05) is 0 Å². The van der Waals surface area contributed by atoms with Crippen molar-refractivity contribution >= 4 is 52.5 Å². The number of hydrogen-bond donors (Lipinski definition) is 0. The van der Waals surface area contributed by atoms with Gasteiger partial charge in [0.15, 0.2) is 14.4 Å². The van der Waals surface area contributed by atoms with Gasteiger partial charge in [-0.25, -0.2) is 4.98 Å². The summed E-state index contributed by atoms with van der Waals surface area (Å²) >= 11 is 4.01. The van der Waals surface area contributed by atoms with Crippen LogP contribution >= 0.6 is 33.9 Å². The predicted molar refractivity (Wildman–Crippen MR) is 94.6 cm³/mol. The van der Waals surface area contributed by atoms with E-state index in [0.29, 0.717) is 0 Å². The fourth-order valence-corrected chi connectivity index (χ4v) is 5.15. The van der Waals surface area contributed by atoms with E-state index in [1.165, 1.54) is 4.88 Å². The molecule has 0 saturated carbocycles. The largest absolute Gasteiger partial charge is 0.399 e. The van der Waals surface area contributed by atoms with E-state index in [4.69, 9.17) is 4.43 Å². The van der Waals surface area contributed by atoms with Crippen molar-refractivity contribution in [2.24, 2.45) is 0 Å². The van der Waals surface area contributed by atoms with Gasteiger partial charge in [-0.3, -0.25) is 0 Å². The molecule has 2 aromatic heterocycles. The molecule has 0 radical (unpaired) electrons. The zero-order valence-electron chi connectivity index (χ0n) is 12.2. The number of halogens is 1. The second kappa shape index (κ2) is 5.71. The lowest BCUT2D eigenvalue weighted by Gasteiger charge is -2.23. The Morgan fingerprint density at radius 1 is 1.40 bits per heavy atom. The van der Waals surface area contributed by atoms with Gasteiger partial charge in [0.05, 0.1) is 6.07 Å². The maximum atomic E-state index is 9.49. The minimum Gasteiger partial charge on any atom is -0.399 e. The third-order valence-corrected chi connectivity index (χ3v) is 5.87. The number of thiophene rings is 1. The van der Waals surface area contributed by atoms with E-state index in [2.05, 4.69) is 66.3 Å². The molecular formula is C14H17IN2OSSi. The second-order valence-electron chi connectivity index (χ2n) is 5.74. The van der Waals surface area contributed by atoms with Crippen LogP contribution in [0, 0.1) is 28.7 Å². The van der Waals surface area contributed by atoms with Gasteiger partial charge in [-0.2, -0.15) is 5.26 Å². The van der Waals surface area contributed by atoms with E-state index < -0.39 is 14.4 Å². The van der Waals surface area contributed by atoms with Crippen molar-refractivity contribution in [1.29, 1.82) is 5.26 Å². The van der Waals surface area contributed by atoms with Gasteiger partial charge in [0.25, 0.3) is 0 Å². The van der Waals surface area contributed by atoms with Crippen molar-refractivity contribution in [3.05, 3.63) is 25.8 Å². The van der Waals surface area contributed by atoms with Crippen molar-refractivity contribution < 1.29 is 4.43 Å². The van der Waals surface area contributed by atoms with Crippen LogP contribution in [0.25, 0.3) is 10.2 Å². The summed E-state index contributed by atoms with van der Waals surface area (Å²) in [6, 6.07) is 4.44. The molecule has 0 aliphatic carbocycles. The molecule has 3 nitrogen and oxygen atoms in total. The topological polar surface area (TPSA) is 45.9 Å². The third-order valence-electron chi connectivity index (χ3n) is 2.82. The van der Waals surface area contributed by atoms with E-state index in [0.717, 1.165) is 25.0 Å². The molecule has 0 N–H and O–H groups in total. The summed E-state index contributed by atoms with van der Waals surface area (Å²) in [7, 11) is -1.78. The van der Waals surface area contributed by atoms with Crippen molar-refractivity contribution in [3.63, 3.8) is 0 Å². The van der Waals surface area contributed by atoms with Crippen LogP contribution in [-0.4, -0.2) is 13.3 Å². The van der Waals surface area contributed by atoms with Crippen molar-refractivity contribution in [1.82, 2.24) is 4.98 Å². The van der Waals surface area contributed by atoms with Gasteiger partial charge in [0, 0.05) is 25.1 Å². The molecule has 0 amide bonds. The van der Waals surface area contributed by atoms with Crippen LogP contribution in [0.15, 0.2) is 6.07 Å². The van der Waals surface area contributed by atoms with Gasteiger partial charge in [0.2, 0.25) is 0 Å². The van der Waals surface area contributed by atoms with E-state index in [-0.39, 0.29) is 0 Å². The SMILES string of the molecule is Cc1cc2c(I)c(C(C#N)O[Si](C)(C)C)c(C)nc2s1. The quantitative estimate of drug-likeness (QED) is 0.526. The Labute approximate surface area is 138 Å². The van der Waals surface area contributed by atoms with Crippen LogP contribution in [0.4, 0.5) is 0 Å². The van der Waals surface area contributed by atoms with Crippen LogP contribution in [0.5, 0.6) is 0 Å². The highest BCUT2D eigenvalue weighted by atomic mass is 127. The Morgan fingerprint density at radius 2 is 2.05 bits per heavy atom. The Bertz CT molecular complexity index is 700. The van der Waals surface area contributed by atoms with Gasteiger partial charge >= 0.3 is 0 Å². The lowest BCUT2D eigenvalue weighted by molar-refractivity contribution is 0.253. The Hall–Kier alpha value is -0.493. The number of hydrogen-bond acceptors (Lipinski definition) is 4. The van der Waals surface area contributed by atoms with Crippen LogP contribution in [0.3, 0.4) is 0 Å². The van der Waals surface area contributed by atoms with Crippen molar-refractivity contribution in [2.45, 2.75) is 39.6 Å². The summed E-state index contributed by atoms with van der Waals surface area (Å²) in [6.07, 6.45) is -0.523. The van der Waals surface area contributed by atoms with Gasteiger partial charge < -0.3 is 4.43 Å². The lowest BCUT2D eigenvalue weighted by Crippen LogP contribution is -2.28. The van der Waals surface area contributed by atoms with Crippen molar-refractivity contribution in [3.8, 4) is 6.07 Å². The summed E-state index contributed by atoms with van der Waals surface area (Å²) in [6.45, 7) is 10.3. The molecule has 0 aliphatic heterocycles. The first-order chi connectivity index (χ1) is 9.23. The van der Waals surface area contributed by atoms with E-state index in [9.17, 15) is 5.26 Å². The fraction of sp³-hybridized carbons (Fsp3) is 0.429. The first-order valence-electron chi connectivity index (χ1n) is 6.36. The predicted octanol–water partition coefficient (Wildman–Crippen LogP) is 4.93. The van der Waals surface area contributed by atoms with Crippen LogP contribution in [0.1, 0.15) is 22.2 Å². The molecule has 0 aliphatic rings. The van der Waals surface area contributed by atoms with Gasteiger partial charge in [-0.05, 0) is 62.1 Å². The molecule has 2 aromatic rings. The summed E-state index contributed by atoms with van der Waals surface area (Å²) in [5.74, 6) is 0. The van der Waals surface area contributed by atoms with Gasteiger partial charge in [-0.1, -0.05) is 0 Å². The summed E-state index contributed by atoms with van der Waals surface area (Å²) < 4.78 is 7.12. The Morgan fingerprint density at radius 3 is 2.60 bits per heavy atom. The lowest BCUT2D eigenvalue weighted by atomic mass is 10.1. The number of nitrogens with zero attached hydrogens (tertiary/aromatic N) is 2. The van der Waals surface area contributed by atoms with E-state index >= 15 is 0 Å². The highest BCUT2D eigenvalue weighted by Gasteiger charge is 2.26. The normalized spacial score (nSPS) is 13.4. The van der Waals surface area contributed by atoms with E-state index in [1.807, 2.05) is 6.92 Å². The number of fused-ring (bicyclic) bond motifs is 1. The van der Waals surface area contributed by atoms with Gasteiger partial charge in [-0.15, -0.1) is 11.3 Å². The summed E-state index contributed by atoms with van der Waals surface area (Å²) in [4.78, 5) is 6.93. The maximum absolute atomic E-state index is 9.49. The number of aryl methyl sites for hydroxylation is 2. The average molecular weight is 416 g/mol. The Kier molecular flexibility index (Phi) is 4.54. The molecule has 0 bridgehead atoms. The molecule has 0 saturated heterocycles. The minimum atomic E-state index is -1.78. The monoisotopic (exact) mass is 416 g/mol. The number of nitriles is 1. The second-order valence-corrected chi connectivity index (χ2v) is 12.5. The zero-order chi connectivity index (χ0) is 15.1. The van der Waals surface area contributed by atoms with Crippen LogP contribution < -0.4 is 0 Å². The average Bonchev–Trinajstić information content (AvgIpc) is 2.67. The molecule has 6 heteroatoms. The molecule has 106 valence electrons. The molecule has 2 heterocycles. The number of pyridine rings is 1. The Balaban J connectivity index is 2.61. The molecule has 20 heavy (non-hydrogen) atoms. The third kappa shape index (κ3) is 3.22. The first kappa shape index (κ1) is 15.9. The molecule has 0 spiro atoms. The smallest absolute Gasteiger partial charge is 0.186 e. The van der Waals surface area contributed by atoms with Crippen LogP contribution in [-0.2, 0) is 4.43 Å². The molecule has 2 rings (SSSR count). The molecule has 1 unspecified atom stereocenters. The molecular weight excluding hydrogens is 399 g/mol. The van der Waals surface area contributed by atoms with E-state index in [1.54, 1.807) is 11.3 Å². The highest BCUT2D eigenvalue weighted by Crippen LogP contribution is 2.35. The summed E-state index contributed by atoms with van der Waals surface area (Å²) in [5, 5.41) is 10.6. The van der Waals surface area contributed by atoms with Gasteiger partial charge in [0.1, 0.15) is 4.83 Å². The molecule has 0 fully saturated rings. The minimum absolute atomic E-state index is 0.523. The maximum Gasteiger partial charge on any atom is 0.186 e. The molecule has 1 atom stereocenters. The highest BCUT2D eigenvalue weighted by molar-refractivity contribution is 14.1. The number of rotatable bonds is 3. The van der Waals surface area contributed by atoms with Crippen LogP contribution in [0.2, 0.25) is 19.6 Å². The fourth-order valence-electron chi connectivity index (χ4n) is 2.07.